The summed E-state index contributed by atoms with van der Waals surface area (Å²) in [6.07, 6.45) is 0. The fourth-order valence-electron chi connectivity index (χ4n) is 1.89. The van der Waals surface area contributed by atoms with Gasteiger partial charge < -0.3 is 24.4 Å². The van der Waals surface area contributed by atoms with E-state index >= 15 is 0 Å². The molecule has 1 aromatic rings. The summed E-state index contributed by atoms with van der Waals surface area (Å²) in [7, 11) is 9.08. The zero-order valence-electron chi connectivity index (χ0n) is 14.2. The minimum atomic E-state index is 0.0871. The lowest BCUT2D eigenvalue weighted by atomic mass is 10.0. The molecule has 0 bridgehead atoms. The molecule has 1 aromatic carbocycles. The third-order valence-corrected chi connectivity index (χ3v) is 3.87. The van der Waals surface area contributed by atoms with Crippen molar-refractivity contribution < 1.29 is 14.2 Å². The summed E-state index contributed by atoms with van der Waals surface area (Å²) in [6.45, 7) is 5.98. The molecule has 0 radical (unpaired) electrons. The SMILES string of the molecule is COc1cc(OC)c(OC)cc1CNCC(C)(C)N(C)C. The van der Waals surface area contributed by atoms with E-state index in [1.807, 2.05) is 12.1 Å². The van der Waals surface area contributed by atoms with Gasteiger partial charge in [-0.3, -0.25) is 0 Å². The number of hydrogen-bond donors (Lipinski definition) is 1. The number of hydrogen-bond acceptors (Lipinski definition) is 5. The molecule has 1 rings (SSSR count). The van der Waals surface area contributed by atoms with Gasteiger partial charge in [0, 0.05) is 30.3 Å². The van der Waals surface area contributed by atoms with E-state index in [9.17, 15) is 0 Å². The van der Waals surface area contributed by atoms with Crippen LogP contribution in [0.15, 0.2) is 12.1 Å². The van der Waals surface area contributed by atoms with Crippen LogP contribution in [0.1, 0.15) is 19.4 Å². The zero-order chi connectivity index (χ0) is 16.0. The Morgan fingerprint density at radius 2 is 1.48 bits per heavy atom. The van der Waals surface area contributed by atoms with Gasteiger partial charge in [-0.05, 0) is 34.0 Å². The second kappa shape index (κ2) is 7.52. The molecule has 0 aromatic heterocycles. The van der Waals surface area contributed by atoms with Crippen LogP contribution in [0.2, 0.25) is 0 Å². The maximum Gasteiger partial charge on any atom is 0.164 e. The van der Waals surface area contributed by atoms with Crippen LogP contribution in [0.25, 0.3) is 0 Å². The lowest BCUT2D eigenvalue weighted by Gasteiger charge is -2.32. The van der Waals surface area contributed by atoms with Crippen LogP contribution in [0.3, 0.4) is 0 Å². The average Bonchev–Trinajstić information content (AvgIpc) is 2.46. The molecule has 120 valence electrons. The maximum absolute atomic E-state index is 5.43. The molecule has 0 heterocycles. The number of ether oxygens (including phenoxy) is 3. The Bertz CT molecular complexity index is 459. The first-order valence-electron chi connectivity index (χ1n) is 7.02. The molecule has 5 nitrogen and oxygen atoms in total. The van der Waals surface area contributed by atoms with Crippen molar-refractivity contribution in [2.45, 2.75) is 25.9 Å². The van der Waals surface area contributed by atoms with Crippen molar-refractivity contribution >= 4 is 0 Å². The molecule has 5 heteroatoms. The number of nitrogens with zero attached hydrogens (tertiary/aromatic N) is 1. The predicted octanol–water partition coefficient (Wildman–Crippen LogP) is 2.14. The van der Waals surface area contributed by atoms with Gasteiger partial charge in [-0.15, -0.1) is 0 Å². The van der Waals surface area contributed by atoms with Gasteiger partial charge in [0.2, 0.25) is 0 Å². The Hall–Kier alpha value is -1.46. The molecule has 0 aliphatic rings. The second-order valence-corrected chi connectivity index (χ2v) is 5.83. The number of nitrogens with one attached hydrogen (secondary N) is 1. The normalized spacial score (nSPS) is 11.6. The maximum atomic E-state index is 5.43. The van der Waals surface area contributed by atoms with Crippen molar-refractivity contribution in [2.75, 3.05) is 42.0 Å². The number of benzene rings is 1. The van der Waals surface area contributed by atoms with Crippen molar-refractivity contribution in [1.82, 2.24) is 10.2 Å². The average molecular weight is 296 g/mol. The van der Waals surface area contributed by atoms with Gasteiger partial charge in [0.25, 0.3) is 0 Å². The number of rotatable bonds is 8. The first-order chi connectivity index (χ1) is 9.85. The van der Waals surface area contributed by atoms with E-state index in [4.69, 9.17) is 14.2 Å². The highest BCUT2D eigenvalue weighted by atomic mass is 16.5. The Kier molecular flexibility index (Phi) is 6.30. The summed E-state index contributed by atoms with van der Waals surface area (Å²) < 4.78 is 16.1. The van der Waals surface area contributed by atoms with Crippen LogP contribution in [0, 0.1) is 0 Å². The van der Waals surface area contributed by atoms with Crippen molar-refractivity contribution in [3.8, 4) is 17.2 Å². The van der Waals surface area contributed by atoms with Gasteiger partial charge in [0.1, 0.15) is 5.75 Å². The largest absolute Gasteiger partial charge is 0.496 e. The third kappa shape index (κ3) is 4.51. The summed E-state index contributed by atoms with van der Waals surface area (Å²) in [5, 5.41) is 3.47. The Balaban J connectivity index is 2.83. The molecule has 0 spiro atoms. The van der Waals surface area contributed by atoms with Crippen LogP contribution in [0.5, 0.6) is 17.2 Å². The van der Waals surface area contributed by atoms with Crippen LogP contribution < -0.4 is 19.5 Å². The smallest absolute Gasteiger partial charge is 0.164 e. The standard InChI is InChI=1S/C16H28N2O3/c1-16(2,18(3)4)11-17-10-12-8-14(20-6)15(21-7)9-13(12)19-5/h8-9,17H,10-11H2,1-7H3. The molecule has 0 atom stereocenters. The van der Waals surface area contributed by atoms with E-state index in [1.54, 1.807) is 21.3 Å². The van der Waals surface area contributed by atoms with Crippen molar-refractivity contribution in [3.05, 3.63) is 17.7 Å². The van der Waals surface area contributed by atoms with Crippen molar-refractivity contribution in [3.63, 3.8) is 0 Å². The molecule has 21 heavy (non-hydrogen) atoms. The summed E-state index contributed by atoms with van der Waals surface area (Å²) in [6, 6.07) is 3.81. The van der Waals surface area contributed by atoms with E-state index in [0.717, 1.165) is 17.9 Å². The molecule has 0 fully saturated rings. The monoisotopic (exact) mass is 296 g/mol. The molecular weight excluding hydrogens is 268 g/mol. The fraction of sp³-hybridized carbons (Fsp3) is 0.625. The lowest BCUT2D eigenvalue weighted by molar-refractivity contribution is 0.189. The van der Waals surface area contributed by atoms with Gasteiger partial charge in [0.15, 0.2) is 11.5 Å². The van der Waals surface area contributed by atoms with Gasteiger partial charge in [0.05, 0.1) is 21.3 Å². The van der Waals surface area contributed by atoms with E-state index < -0.39 is 0 Å². The molecule has 0 unspecified atom stereocenters. The minimum Gasteiger partial charge on any atom is -0.496 e. The lowest BCUT2D eigenvalue weighted by Crippen LogP contribution is -2.46. The number of methoxy groups -OCH3 is 3. The van der Waals surface area contributed by atoms with E-state index in [1.165, 1.54) is 0 Å². The predicted molar refractivity (Wildman–Crippen MR) is 85.6 cm³/mol. The number of likely N-dealkylation sites (N-methyl/N-ethyl adjacent to an activating group) is 1. The highest BCUT2D eigenvalue weighted by Gasteiger charge is 2.20. The molecule has 1 N–H and O–H groups in total. The van der Waals surface area contributed by atoms with Crippen LogP contribution in [-0.2, 0) is 6.54 Å². The second-order valence-electron chi connectivity index (χ2n) is 5.83. The van der Waals surface area contributed by atoms with E-state index in [0.29, 0.717) is 18.0 Å². The van der Waals surface area contributed by atoms with Gasteiger partial charge in [-0.2, -0.15) is 0 Å². The van der Waals surface area contributed by atoms with Crippen molar-refractivity contribution in [1.29, 1.82) is 0 Å². The summed E-state index contributed by atoms with van der Waals surface area (Å²) in [4.78, 5) is 2.20. The highest BCUT2D eigenvalue weighted by Crippen LogP contribution is 2.34. The van der Waals surface area contributed by atoms with Crippen molar-refractivity contribution in [2.24, 2.45) is 0 Å². The Labute approximate surface area is 128 Å². The van der Waals surface area contributed by atoms with E-state index in [-0.39, 0.29) is 5.54 Å². The molecule has 0 amide bonds. The summed E-state index contributed by atoms with van der Waals surface area (Å²) in [5.41, 5.74) is 1.13. The van der Waals surface area contributed by atoms with Gasteiger partial charge in [-0.25, -0.2) is 0 Å². The third-order valence-electron chi connectivity index (χ3n) is 3.87. The quantitative estimate of drug-likeness (QED) is 0.796. The fourth-order valence-corrected chi connectivity index (χ4v) is 1.89. The molecule has 0 aliphatic carbocycles. The highest BCUT2D eigenvalue weighted by molar-refractivity contribution is 5.50. The zero-order valence-corrected chi connectivity index (χ0v) is 14.2. The first-order valence-corrected chi connectivity index (χ1v) is 7.02. The van der Waals surface area contributed by atoms with E-state index in [2.05, 4.69) is 38.2 Å². The van der Waals surface area contributed by atoms with Gasteiger partial charge >= 0.3 is 0 Å². The summed E-state index contributed by atoms with van der Waals surface area (Å²) in [5.74, 6) is 2.18. The molecular formula is C16H28N2O3. The van der Waals surface area contributed by atoms with Crippen LogP contribution in [-0.4, -0.2) is 52.4 Å². The van der Waals surface area contributed by atoms with Gasteiger partial charge in [-0.1, -0.05) is 0 Å². The molecule has 0 saturated carbocycles. The first kappa shape index (κ1) is 17.6. The molecule has 0 saturated heterocycles. The minimum absolute atomic E-state index is 0.0871. The summed E-state index contributed by atoms with van der Waals surface area (Å²) >= 11 is 0. The molecule has 0 aliphatic heterocycles. The van der Waals surface area contributed by atoms with Crippen LogP contribution >= 0.6 is 0 Å². The Morgan fingerprint density at radius 1 is 0.952 bits per heavy atom. The van der Waals surface area contributed by atoms with Crippen LogP contribution in [0.4, 0.5) is 0 Å². The topological polar surface area (TPSA) is 43.0 Å². The Morgan fingerprint density at radius 3 is 1.95 bits per heavy atom.